The van der Waals surface area contributed by atoms with E-state index in [4.69, 9.17) is 4.74 Å². The van der Waals surface area contributed by atoms with Crippen LogP contribution in [-0.4, -0.2) is 63.1 Å². The van der Waals surface area contributed by atoms with Crippen LogP contribution in [0.4, 0.5) is 0 Å². The van der Waals surface area contributed by atoms with Crippen molar-refractivity contribution < 1.29 is 4.74 Å². The summed E-state index contributed by atoms with van der Waals surface area (Å²) in [6.07, 6.45) is 1.19. The highest BCUT2D eigenvalue weighted by atomic mass is 16.5. The first-order chi connectivity index (χ1) is 11.2. The van der Waals surface area contributed by atoms with E-state index in [0.717, 1.165) is 50.0 Å². The number of nitrogens with one attached hydrogen (secondary N) is 1. The predicted octanol–water partition coefficient (Wildman–Crippen LogP) is 2.43. The van der Waals surface area contributed by atoms with Crippen LogP contribution in [-0.2, 0) is 6.54 Å². The van der Waals surface area contributed by atoms with Gasteiger partial charge in [0.2, 0.25) is 0 Å². The second-order valence-corrected chi connectivity index (χ2v) is 5.58. The third-order valence-corrected chi connectivity index (χ3v) is 3.87. The van der Waals surface area contributed by atoms with Crippen LogP contribution in [0.1, 0.15) is 25.8 Å². The van der Waals surface area contributed by atoms with Crippen LogP contribution in [0.25, 0.3) is 0 Å². The van der Waals surface area contributed by atoms with Crippen LogP contribution in [0.3, 0.4) is 0 Å². The molecule has 5 heteroatoms. The van der Waals surface area contributed by atoms with Gasteiger partial charge in [-0.3, -0.25) is 4.99 Å². The molecule has 0 aliphatic heterocycles. The predicted molar refractivity (Wildman–Crippen MR) is 98.2 cm³/mol. The Balaban J connectivity index is 2.54. The summed E-state index contributed by atoms with van der Waals surface area (Å²) in [6, 6.07) is 8.10. The van der Waals surface area contributed by atoms with Gasteiger partial charge < -0.3 is 19.9 Å². The summed E-state index contributed by atoms with van der Waals surface area (Å²) in [6.45, 7) is 9.35. The van der Waals surface area contributed by atoms with Crippen LogP contribution in [0.2, 0.25) is 0 Å². The molecule has 0 spiro atoms. The summed E-state index contributed by atoms with van der Waals surface area (Å²) in [5.74, 6) is 1.82. The van der Waals surface area contributed by atoms with Gasteiger partial charge in [-0.15, -0.1) is 0 Å². The highest BCUT2D eigenvalue weighted by molar-refractivity contribution is 5.79. The third kappa shape index (κ3) is 6.48. The molecular formula is C18H32N4O. The molecule has 0 aromatic heterocycles. The van der Waals surface area contributed by atoms with Gasteiger partial charge in [0.15, 0.2) is 5.96 Å². The van der Waals surface area contributed by atoms with E-state index in [0.29, 0.717) is 0 Å². The molecule has 0 unspecified atom stereocenters. The van der Waals surface area contributed by atoms with Crippen molar-refractivity contribution in [2.45, 2.75) is 26.8 Å². The normalized spacial score (nSPS) is 11.7. The lowest BCUT2D eigenvalue weighted by Gasteiger charge is -2.25. The summed E-state index contributed by atoms with van der Waals surface area (Å²) in [5.41, 5.74) is 1.15. The molecule has 1 aromatic rings. The van der Waals surface area contributed by atoms with E-state index in [-0.39, 0.29) is 0 Å². The smallest absolute Gasteiger partial charge is 0.193 e. The molecule has 0 amide bonds. The zero-order valence-electron chi connectivity index (χ0n) is 15.3. The Labute approximate surface area is 141 Å². The molecule has 0 saturated heterocycles. The van der Waals surface area contributed by atoms with Crippen LogP contribution < -0.4 is 10.1 Å². The SMILES string of the molecule is CCCN(CC)CCNC(=NC)N(C)Cc1ccccc1OC. The number of benzene rings is 1. The molecule has 130 valence electrons. The quantitative estimate of drug-likeness (QED) is 0.560. The largest absolute Gasteiger partial charge is 0.496 e. The molecular weight excluding hydrogens is 288 g/mol. The Morgan fingerprint density at radius 3 is 2.57 bits per heavy atom. The molecule has 0 atom stereocenters. The Hall–Kier alpha value is -1.75. The highest BCUT2D eigenvalue weighted by Crippen LogP contribution is 2.18. The molecule has 1 aromatic carbocycles. The zero-order valence-corrected chi connectivity index (χ0v) is 15.3. The Morgan fingerprint density at radius 2 is 1.96 bits per heavy atom. The van der Waals surface area contributed by atoms with Crippen molar-refractivity contribution in [1.29, 1.82) is 0 Å². The van der Waals surface area contributed by atoms with E-state index >= 15 is 0 Å². The molecule has 0 fully saturated rings. The van der Waals surface area contributed by atoms with Crippen molar-refractivity contribution >= 4 is 5.96 Å². The van der Waals surface area contributed by atoms with Gasteiger partial charge in [0.1, 0.15) is 5.75 Å². The average Bonchev–Trinajstić information content (AvgIpc) is 2.58. The van der Waals surface area contributed by atoms with Crippen LogP contribution >= 0.6 is 0 Å². The number of hydrogen-bond donors (Lipinski definition) is 1. The van der Waals surface area contributed by atoms with Crippen LogP contribution in [0.15, 0.2) is 29.3 Å². The molecule has 0 aliphatic carbocycles. The lowest BCUT2D eigenvalue weighted by Crippen LogP contribution is -2.42. The van der Waals surface area contributed by atoms with Gasteiger partial charge in [-0.05, 0) is 25.6 Å². The topological polar surface area (TPSA) is 40.1 Å². The zero-order chi connectivity index (χ0) is 17.1. The first kappa shape index (κ1) is 19.3. The van der Waals surface area contributed by atoms with E-state index in [1.165, 1.54) is 6.42 Å². The average molecular weight is 320 g/mol. The second kappa shape index (κ2) is 10.9. The van der Waals surface area contributed by atoms with Crippen molar-refractivity contribution in [3.8, 4) is 5.75 Å². The maximum atomic E-state index is 5.42. The molecule has 1 N–H and O–H groups in total. The Bertz CT molecular complexity index is 476. The van der Waals surface area contributed by atoms with Crippen LogP contribution in [0, 0.1) is 0 Å². The molecule has 0 radical (unpaired) electrons. The molecule has 23 heavy (non-hydrogen) atoms. The lowest BCUT2D eigenvalue weighted by molar-refractivity contribution is 0.291. The molecule has 1 rings (SSSR count). The molecule has 0 bridgehead atoms. The lowest BCUT2D eigenvalue weighted by atomic mass is 10.2. The van der Waals surface area contributed by atoms with Gasteiger partial charge in [-0.2, -0.15) is 0 Å². The summed E-state index contributed by atoms with van der Waals surface area (Å²) < 4.78 is 5.42. The van der Waals surface area contributed by atoms with Gasteiger partial charge in [0.05, 0.1) is 7.11 Å². The third-order valence-electron chi connectivity index (χ3n) is 3.87. The monoisotopic (exact) mass is 320 g/mol. The number of hydrogen-bond acceptors (Lipinski definition) is 3. The Kier molecular flexibility index (Phi) is 9.14. The van der Waals surface area contributed by atoms with E-state index in [9.17, 15) is 0 Å². The summed E-state index contributed by atoms with van der Waals surface area (Å²) in [7, 11) is 5.58. The van der Waals surface area contributed by atoms with Gasteiger partial charge >= 0.3 is 0 Å². The van der Waals surface area contributed by atoms with Gasteiger partial charge in [-0.1, -0.05) is 32.0 Å². The number of guanidine groups is 1. The number of nitrogens with zero attached hydrogens (tertiary/aromatic N) is 3. The molecule has 0 aliphatic rings. The number of para-hydroxylation sites is 1. The van der Waals surface area contributed by atoms with Crippen molar-refractivity contribution in [3.63, 3.8) is 0 Å². The first-order valence-electron chi connectivity index (χ1n) is 8.42. The fourth-order valence-electron chi connectivity index (χ4n) is 2.62. The van der Waals surface area contributed by atoms with Crippen molar-refractivity contribution in [3.05, 3.63) is 29.8 Å². The number of ether oxygens (including phenoxy) is 1. The van der Waals surface area contributed by atoms with E-state index in [1.54, 1.807) is 7.11 Å². The minimum Gasteiger partial charge on any atom is -0.496 e. The number of methoxy groups -OCH3 is 1. The molecule has 5 nitrogen and oxygen atoms in total. The van der Waals surface area contributed by atoms with Gasteiger partial charge in [-0.25, -0.2) is 0 Å². The number of aliphatic imine (C=N–C) groups is 1. The van der Waals surface area contributed by atoms with Gasteiger partial charge in [0.25, 0.3) is 0 Å². The maximum Gasteiger partial charge on any atom is 0.193 e. The van der Waals surface area contributed by atoms with E-state index in [1.807, 2.05) is 32.3 Å². The standard InChI is InChI=1S/C18H32N4O/c1-6-13-22(7-2)14-12-20-18(19-3)21(4)15-16-10-8-9-11-17(16)23-5/h8-11H,6-7,12-15H2,1-5H3,(H,19,20). The molecule has 0 saturated carbocycles. The van der Waals surface area contributed by atoms with Crippen LogP contribution in [0.5, 0.6) is 5.75 Å². The fraction of sp³-hybridized carbons (Fsp3) is 0.611. The number of rotatable bonds is 9. The van der Waals surface area contributed by atoms with E-state index in [2.05, 4.69) is 40.0 Å². The Morgan fingerprint density at radius 1 is 1.22 bits per heavy atom. The summed E-state index contributed by atoms with van der Waals surface area (Å²) >= 11 is 0. The minimum absolute atomic E-state index is 0.760. The van der Waals surface area contributed by atoms with Crippen molar-refractivity contribution in [1.82, 2.24) is 15.1 Å². The summed E-state index contributed by atoms with van der Waals surface area (Å²) in [4.78, 5) is 8.94. The number of likely N-dealkylation sites (N-methyl/N-ethyl adjacent to an activating group) is 1. The van der Waals surface area contributed by atoms with Gasteiger partial charge in [0, 0.05) is 39.3 Å². The van der Waals surface area contributed by atoms with E-state index < -0.39 is 0 Å². The van der Waals surface area contributed by atoms with Crippen molar-refractivity contribution in [2.75, 3.05) is 47.4 Å². The molecule has 0 heterocycles. The maximum absolute atomic E-state index is 5.42. The first-order valence-corrected chi connectivity index (χ1v) is 8.42. The second-order valence-electron chi connectivity index (χ2n) is 5.58. The fourth-order valence-corrected chi connectivity index (χ4v) is 2.62. The minimum atomic E-state index is 0.760. The van der Waals surface area contributed by atoms with Crippen molar-refractivity contribution in [2.24, 2.45) is 4.99 Å². The summed E-state index contributed by atoms with van der Waals surface area (Å²) in [5, 5.41) is 3.44. The highest BCUT2D eigenvalue weighted by Gasteiger charge is 2.10.